The molecule has 2 rings (SSSR count). The summed E-state index contributed by atoms with van der Waals surface area (Å²) in [4.78, 5) is 0. The predicted molar refractivity (Wildman–Crippen MR) is 59.8 cm³/mol. The SMILES string of the molecule is OCC1CCC(Oc2c(F)cccc2F)CC1. The van der Waals surface area contributed by atoms with Crippen molar-refractivity contribution in [1.29, 1.82) is 0 Å². The van der Waals surface area contributed by atoms with Gasteiger partial charge in [-0.3, -0.25) is 0 Å². The second-order valence-corrected chi connectivity index (χ2v) is 4.49. The Balaban J connectivity index is 1.98. The number of para-hydroxylation sites is 1. The second-order valence-electron chi connectivity index (χ2n) is 4.49. The molecule has 1 aromatic carbocycles. The molecule has 0 radical (unpaired) electrons. The molecule has 0 unspecified atom stereocenters. The van der Waals surface area contributed by atoms with Gasteiger partial charge in [0, 0.05) is 6.61 Å². The van der Waals surface area contributed by atoms with Crippen LogP contribution in [0.2, 0.25) is 0 Å². The van der Waals surface area contributed by atoms with Crippen LogP contribution in [0.1, 0.15) is 25.7 Å². The summed E-state index contributed by atoms with van der Waals surface area (Å²) in [6, 6.07) is 3.70. The van der Waals surface area contributed by atoms with E-state index in [0.717, 1.165) is 25.7 Å². The molecule has 0 aliphatic heterocycles. The van der Waals surface area contributed by atoms with E-state index in [2.05, 4.69) is 0 Å². The van der Waals surface area contributed by atoms with E-state index < -0.39 is 11.6 Å². The number of rotatable bonds is 3. The summed E-state index contributed by atoms with van der Waals surface area (Å²) in [6.45, 7) is 0.181. The van der Waals surface area contributed by atoms with Crippen LogP contribution in [-0.2, 0) is 0 Å². The van der Waals surface area contributed by atoms with E-state index in [9.17, 15) is 8.78 Å². The molecule has 1 fully saturated rings. The van der Waals surface area contributed by atoms with Crippen molar-refractivity contribution in [2.45, 2.75) is 31.8 Å². The third-order valence-electron chi connectivity index (χ3n) is 3.26. The highest BCUT2D eigenvalue weighted by molar-refractivity contribution is 5.26. The van der Waals surface area contributed by atoms with Crippen LogP contribution in [-0.4, -0.2) is 17.8 Å². The van der Waals surface area contributed by atoms with E-state index in [1.807, 2.05) is 0 Å². The third kappa shape index (κ3) is 2.94. The quantitative estimate of drug-likeness (QED) is 0.883. The third-order valence-corrected chi connectivity index (χ3v) is 3.26. The summed E-state index contributed by atoms with van der Waals surface area (Å²) in [5.41, 5.74) is 0. The van der Waals surface area contributed by atoms with Crippen LogP contribution < -0.4 is 4.74 Å². The molecular weight excluding hydrogens is 226 g/mol. The Bertz CT molecular complexity index is 353. The van der Waals surface area contributed by atoms with Crippen LogP contribution >= 0.6 is 0 Å². The molecule has 1 aliphatic carbocycles. The first-order chi connectivity index (χ1) is 8.20. The highest BCUT2D eigenvalue weighted by atomic mass is 19.1. The molecule has 1 N–H and O–H groups in total. The number of hydrogen-bond donors (Lipinski definition) is 1. The molecule has 0 bridgehead atoms. The van der Waals surface area contributed by atoms with Gasteiger partial charge in [0.1, 0.15) is 0 Å². The number of hydrogen-bond acceptors (Lipinski definition) is 2. The van der Waals surface area contributed by atoms with Gasteiger partial charge in [-0.25, -0.2) is 8.78 Å². The predicted octanol–water partition coefficient (Wildman–Crippen LogP) is 2.89. The first kappa shape index (κ1) is 12.3. The van der Waals surface area contributed by atoms with Crippen molar-refractivity contribution < 1.29 is 18.6 Å². The number of aliphatic hydroxyl groups is 1. The zero-order chi connectivity index (χ0) is 12.3. The van der Waals surface area contributed by atoms with Gasteiger partial charge in [0.2, 0.25) is 0 Å². The van der Waals surface area contributed by atoms with Gasteiger partial charge in [-0.1, -0.05) is 6.07 Å². The van der Waals surface area contributed by atoms with Gasteiger partial charge < -0.3 is 9.84 Å². The van der Waals surface area contributed by atoms with Crippen LogP contribution in [0, 0.1) is 17.6 Å². The molecule has 0 spiro atoms. The van der Waals surface area contributed by atoms with Gasteiger partial charge in [-0.15, -0.1) is 0 Å². The Morgan fingerprint density at radius 3 is 2.24 bits per heavy atom. The van der Waals surface area contributed by atoms with Gasteiger partial charge >= 0.3 is 0 Å². The summed E-state index contributed by atoms with van der Waals surface area (Å²) in [5.74, 6) is -1.29. The van der Waals surface area contributed by atoms with E-state index in [1.165, 1.54) is 18.2 Å². The Morgan fingerprint density at radius 1 is 1.12 bits per heavy atom. The Morgan fingerprint density at radius 2 is 1.71 bits per heavy atom. The fourth-order valence-electron chi connectivity index (χ4n) is 2.19. The van der Waals surface area contributed by atoms with Gasteiger partial charge in [0.05, 0.1) is 6.10 Å². The zero-order valence-corrected chi connectivity index (χ0v) is 9.53. The number of halogens is 2. The van der Waals surface area contributed by atoms with Crippen molar-refractivity contribution in [2.24, 2.45) is 5.92 Å². The molecular formula is C13H16F2O2. The monoisotopic (exact) mass is 242 g/mol. The Labute approximate surface area is 99.2 Å². The van der Waals surface area contributed by atoms with Gasteiger partial charge in [-0.2, -0.15) is 0 Å². The van der Waals surface area contributed by atoms with Crippen LogP contribution in [0.15, 0.2) is 18.2 Å². The van der Waals surface area contributed by atoms with Gasteiger partial charge in [0.15, 0.2) is 17.4 Å². The molecule has 0 atom stereocenters. The average molecular weight is 242 g/mol. The van der Waals surface area contributed by atoms with Crippen LogP contribution in [0.25, 0.3) is 0 Å². The minimum absolute atomic E-state index is 0.149. The summed E-state index contributed by atoms with van der Waals surface area (Å²) in [7, 11) is 0. The van der Waals surface area contributed by atoms with Crippen LogP contribution in [0.3, 0.4) is 0 Å². The lowest BCUT2D eigenvalue weighted by molar-refractivity contribution is 0.0972. The number of aliphatic hydroxyl groups excluding tert-OH is 1. The van der Waals surface area contributed by atoms with Crippen molar-refractivity contribution in [1.82, 2.24) is 0 Å². The highest BCUT2D eigenvalue weighted by Gasteiger charge is 2.23. The van der Waals surface area contributed by atoms with E-state index in [-0.39, 0.29) is 18.5 Å². The Kier molecular flexibility index (Phi) is 3.94. The molecule has 4 heteroatoms. The lowest BCUT2D eigenvalue weighted by atomic mass is 9.88. The minimum Gasteiger partial charge on any atom is -0.484 e. The molecule has 1 saturated carbocycles. The first-order valence-electron chi connectivity index (χ1n) is 5.92. The summed E-state index contributed by atoms with van der Waals surface area (Å²) in [5, 5.41) is 8.99. The molecule has 0 amide bonds. The zero-order valence-electron chi connectivity index (χ0n) is 9.53. The number of ether oxygens (including phenoxy) is 1. The van der Waals surface area contributed by atoms with Crippen LogP contribution in [0.4, 0.5) is 8.78 Å². The van der Waals surface area contributed by atoms with Crippen molar-refractivity contribution in [3.05, 3.63) is 29.8 Å². The molecule has 0 saturated heterocycles. The standard InChI is InChI=1S/C13H16F2O2/c14-11-2-1-3-12(15)13(11)17-10-6-4-9(8-16)5-7-10/h1-3,9-10,16H,4-8H2. The van der Waals surface area contributed by atoms with Crippen molar-refractivity contribution >= 4 is 0 Å². The molecule has 0 aromatic heterocycles. The van der Waals surface area contributed by atoms with Crippen molar-refractivity contribution in [2.75, 3.05) is 6.61 Å². The topological polar surface area (TPSA) is 29.5 Å². The van der Waals surface area contributed by atoms with E-state index in [1.54, 1.807) is 0 Å². The fourth-order valence-corrected chi connectivity index (χ4v) is 2.19. The fraction of sp³-hybridized carbons (Fsp3) is 0.538. The maximum atomic E-state index is 13.3. The number of benzene rings is 1. The Hall–Kier alpha value is -1.16. The molecule has 1 aliphatic rings. The highest BCUT2D eigenvalue weighted by Crippen LogP contribution is 2.29. The minimum atomic E-state index is -0.658. The average Bonchev–Trinajstić information content (AvgIpc) is 2.35. The maximum absolute atomic E-state index is 13.3. The maximum Gasteiger partial charge on any atom is 0.191 e. The van der Waals surface area contributed by atoms with Crippen molar-refractivity contribution in [3.8, 4) is 5.75 Å². The molecule has 94 valence electrons. The summed E-state index contributed by atoms with van der Waals surface area (Å²) in [6.07, 6.45) is 3.01. The molecule has 1 aromatic rings. The van der Waals surface area contributed by atoms with Crippen molar-refractivity contribution in [3.63, 3.8) is 0 Å². The lowest BCUT2D eigenvalue weighted by Crippen LogP contribution is -2.26. The largest absolute Gasteiger partial charge is 0.484 e. The summed E-state index contributed by atoms with van der Waals surface area (Å²) < 4.78 is 32.1. The lowest BCUT2D eigenvalue weighted by Gasteiger charge is -2.28. The van der Waals surface area contributed by atoms with E-state index in [0.29, 0.717) is 5.92 Å². The van der Waals surface area contributed by atoms with E-state index in [4.69, 9.17) is 9.84 Å². The van der Waals surface area contributed by atoms with Gasteiger partial charge in [0.25, 0.3) is 0 Å². The van der Waals surface area contributed by atoms with Crippen LogP contribution in [0.5, 0.6) is 5.75 Å². The normalized spacial score (nSPS) is 24.6. The molecule has 0 heterocycles. The van der Waals surface area contributed by atoms with Gasteiger partial charge in [-0.05, 0) is 43.7 Å². The second kappa shape index (κ2) is 5.45. The smallest absolute Gasteiger partial charge is 0.191 e. The first-order valence-corrected chi connectivity index (χ1v) is 5.92. The molecule has 2 nitrogen and oxygen atoms in total. The van der Waals surface area contributed by atoms with E-state index >= 15 is 0 Å². The summed E-state index contributed by atoms with van der Waals surface area (Å²) >= 11 is 0. The molecule has 17 heavy (non-hydrogen) atoms.